The standard InChI is InChI=1S/C14H17N3S/c1-10-9-18-14(17-10)16-8-13-12-5-3-2-4-11(12)6-7-15-13/h2-5,9,13,15H,6-8H2,1H3,(H,16,17). The van der Waals surface area contributed by atoms with Crippen LogP contribution in [-0.4, -0.2) is 18.1 Å². The molecule has 0 aliphatic carbocycles. The lowest BCUT2D eigenvalue weighted by atomic mass is 9.94. The SMILES string of the molecule is Cc1csc(NCC2NCCc3ccccc32)n1. The van der Waals surface area contributed by atoms with Crippen molar-refractivity contribution in [3.63, 3.8) is 0 Å². The van der Waals surface area contributed by atoms with Gasteiger partial charge in [-0.05, 0) is 31.0 Å². The molecule has 3 rings (SSSR count). The van der Waals surface area contributed by atoms with Crippen molar-refractivity contribution >= 4 is 16.5 Å². The van der Waals surface area contributed by atoms with Crippen molar-refractivity contribution in [1.82, 2.24) is 10.3 Å². The van der Waals surface area contributed by atoms with E-state index < -0.39 is 0 Å². The van der Waals surface area contributed by atoms with E-state index in [1.165, 1.54) is 11.1 Å². The Kier molecular flexibility index (Phi) is 3.30. The van der Waals surface area contributed by atoms with Crippen LogP contribution >= 0.6 is 11.3 Å². The van der Waals surface area contributed by atoms with E-state index in [2.05, 4.69) is 45.3 Å². The van der Waals surface area contributed by atoms with Crippen LogP contribution < -0.4 is 10.6 Å². The first-order valence-electron chi connectivity index (χ1n) is 6.30. The van der Waals surface area contributed by atoms with E-state index in [-0.39, 0.29) is 0 Å². The topological polar surface area (TPSA) is 37.0 Å². The Morgan fingerprint density at radius 2 is 2.33 bits per heavy atom. The maximum absolute atomic E-state index is 4.43. The number of rotatable bonds is 3. The fourth-order valence-electron chi connectivity index (χ4n) is 2.40. The number of aromatic nitrogens is 1. The second-order valence-corrected chi connectivity index (χ2v) is 5.49. The van der Waals surface area contributed by atoms with E-state index in [0.717, 1.165) is 30.3 Å². The third-order valence-corrected chi connectivity index (χ3v) is 4.21. The Hall–Kier alpha value is -1.39. The van der Waals surface area contributed by atoms with Gasteiger partial charge in [-0.25, -0.2) is 4.98 Å². The molecule has 0 fully saturated rings. The maximum atomic E-state index is 4.43. The van der Waals surface area contributed by atoms with Gasteiger partial charge < -0.3 is 10.6 Å². The third-order valence-electron chi connectivity index (χ3n) is 3.29. The van der Waals surface area contributed by atoms with Crippen molar-refractivity contribution in [3.05, 3.63) is 46.5 Å². The summed E-state index contributed by atoms with van der Waals surface area (Å²) in [4.78, 5) is 4.43. The van der Waals surface area contributed by atoms with Crippen molar-refractivity contribution in [2.75, 3.05) is 18.4 Å². The minimum Gasteiger partial charge on any atom is -0.360 e. The Morgan fingerprint density at radius 1 is 1.44 bits per heavy atom. The Morgan fingerprint density at radius 3 is 3.17 bits per heavy atom. The zero-order valence-electron chi connectivity index (χ0n) is 10.4. The third kappa shape index (κ3) is 2.40. The van der Waals surface area contributed by atoms with Gasteiger partial charge in [0.2, 0.25) is 0 Å². The van der Waals surface area contributed by atoms with Gasteiger partial charge >= 0.3 is 0 Å². The lowest BCUT2D eigenvalue weighted by Crippen LogP contribution is -2.34. The molecule has 1 aromatic heterocycles. The molecule has 94 valence electrons. The molecule has 0 saturated carbocycles. The molecule has 18 heavy (non-hydrogen) atoms. The molecular formula is C14H17N3S. The van der Waals surface area contributed by atoms with Crippen LogP contribution in [0.5, 0.6) is 0 Å². The number of hydrogen-bond donors (Lipinski definition) is 2. The summed E-state index contributed by atoms with van der Waals surface area (Å²) in [6.45, 7) is 3.97. The van der Waals surface area contributed by atoms with Crippen molar-refractivity contribution in [2.45, 2.75) is 19.4 Å². The monoisotopic (exact) mass is 259 g/mol. The second-order valence-electron chi connectivity index (χ2n) is 4.63. The van der Waals surface area contributed by atoms with Gasteiger partial charge in [0.25, 0.3) is 0 Å². The number of nitrogens with one attached hydrogen (secondary N) is 2. The Labute approximate surface area is 111 Å². The summed E-state index contributed by atoms with van der Waals surface area (Å²) < 4.78 is 0. The van der Waals surface area contributed by atoms with Gasteiger partial charge in [0, 0.05) is 18.0 Å². The molecule has 0 saturated heterocycles. The van der Waals surface area contributed by atoms with Crippen LogP contribution in [0.1, 0.15) is 22.9 Å². The fraction of sp³-hybridized carbons (Fsp3) is 0.357. The van der Waals surface area contributed by atoms with Gasteiger partial charge in [-0.15, -0.1) is 11.3 Å². The summed E-state index contributed by atoms with van der Waals surface area (Å²) >= 11 is 1.67. The molecule has 2 heterocycles. The van der Waals surface area contributed by atoms with Crippen LogP contribution in [-0.2, 0) is 6.42 Å². The van der Waals surface area contributed by atoms with E-state index >= 15 is 0 Å². The Bertz CT molecular complexity index is 535. The van der Waals surface area contributed by atoms with E-state index in [1.54, 1.807) is 11.3 Å². The van der Waals surface area contributed by atoms with Crippen LogP contribution in [0.4, 0.5) is 5.13 Å². The maximum Gasteiger partial charge on any atom is 0.182 e. The predicted octanol–water partition coefficient (Wildman–Crippen LogP) is 2.75. The summed E-state index contributed by atoms with van der Waals surface area (Å²) in [5, 5.41) is 10.1. The number of thiazole rings is 1. The number of fused-ring (bicyclic) bond motifs is 1. The number of nitrogens with zero attached hydrogens (tertiary/aromatic N) is 1. The first-order valence-corrected chi connectivity index (χ1v) is 7.18. The van der Waals surface area contributed by atoms with Crippen molar-refractivity contribution < 1.29 is 0 Å². The first kappa shape index (κ1) is 11.7. The highest BCUT2D eigenvalue weighted by atomic mass is 32.1. The molecule has 1 unspecified atom stereocenters. The molecule has 0 bridgehead atoms. The number of benzene rings is 1. The van der Waals surface area contributed by atoms with E-state index in [0.29, 0.717) is 6.04 Å². The van der Waals surface area contributed by atoms with Gasteiger partial charge in [0.1, 0.15) is 0 Å². The zero-order chi connectivity index (χ0) is 12.4. The summed E-state index contributed by atoms with van der Waals surface area (Å²) in [5.41, 5.74) is 3.97. The molecule has 0 spiro atoms. The number of hydrogen-bond acceptors (Lipinski definition) is 4. The van der Waals surface area contributed by atoms with Gasteiger partial charge in [0.15, 0.2) is 5.13 Å². The van der Waals surface area contributed by atoms with Crippen LogP contribution in [0.3, 0.4) is 0 Å². The lowest BCUT2D eigenvalue weighted by Gasteiger charge is -2.27. The fourth-order valence-corrected chi connectivity index (χ4v) is 3.10. The van der Waals surface area contributed by atoms with E-state index in [9.17, 15) is 0 Å². The minimum atomic E-state index is 0.388. The van der Waals surface area contributed by atoms with Gasteiger partial charge in [-0.1, -0.05) is 24.3 Å². The van der Waals surface area contributed by atoms with E-state index in [1.807, 2.05) is 6.92 Å². The largest absolute Gasteiger partial charge is 0.360 e. The molecule has 0 amide bonds. The number of anilines is 1. The van der Waals surface area contributed by atoms with Gasteiger partial charge in [-0.2, -0.15) is 0 Å². The van der Waals surface area contributed by atoms with Crippen LogP contribution in [0.2, 0.25) is 0 Å². The predicted molar refractivity (Wildman–Crippen MR) is 76.2 cm³/mol. The van der Waals surface area contributed by atoms with Gasteiger partial charge in [-0.3, -0.25) is 0 Å². The normalized spacial score (nSPS) is 18.4. The number of aryl methyl sites for hydroxylation is 1. The summed E-state index contributed by atoms with van der Waals surface area (Å²) in [5.74, 6) is 0. The van der Waals surface area contributed by atoms with Crippen LogP contribution in [0, 0.1) is 6.92 Å². The highest BCUT2D eigenvalue weighted by molar-refractivity contribution is 7.13. The highest BCUT2D eigenvalue weighted by Crippen LogP contribution is 2.23. The van der Waals surface area contributed by atoms with Crippen molar-refractivity contribution in [3.8, 4) is 0 Å². The average molecular weight is 259 g/mol. The second kappa shape index (κ2) is 5.08. The molecule has 2 aromatic rings. The minimum absolute atomic E-state index is 0.388. The zero-order valence-corrected chi connectivity index (χ0v) is 11.3. The molecule has 1 aromatic carbocycles. The summed E-state index contributed by atoms with van der Waals surface area (Å²) in [6.07, 6.45) is 1.13. The van der Waals surface area contributed by atoms with Crippen LogP contribution in [0.25, 0.3) is 0 Å². The molecule has 1 aliphatic rings. The first-order chi connectivity index (χ1) is 8.83. The molecule has 2 N–H and O–H groups in total. The molecule has 1 aliphatic heterocycles. The molecular weight excluding hydrogens is 242 g/mol. The lowest BCUT2D eigenvalue weighted by molar-refractivity contribution is 0.523. The molecule has 1 atom stereocenters. The smallest absolute Gasteiger partial charge is 0.182 e. The van der Waals surface area contributed by atoms with Crippen molar-refractivity contribution in [1.29, 1.82) is 0 Å². The highest BCUT2D eigenvalue weighted by Gasteiger charge is 2.18. The van der Waals surface area contributed by atoms with E-state index in [4.69, 9.17) is 0 Å². The quantitative estimate of drug-likeness (QED) is 0.890. The summed E-state index contributed by atoms with van der Waals surface area (Å²) in [6, 6.07) is 9.09. The van der Waals surface area contributed by atoms with Crippen molar-refractivity contribution in [2.24, 2.45) is 0 Å². The van der Waals surface area contributed by atoms with Gasteiger partial charge in [0.05, 0.1) is 5.69 Å². The Balaban J connectivity index is 1.71. The molecule has 0 radical (unpaired) electrons. The molecule has 3 nitrogen and oxygen atoms in total. The molecule has 4 heteroatoms. The van der Waals surface area contributed by atoms with Crippen LogP contribution in [0.15, 0.2) is 29.6 Å². The average Bonchev–Trinajstić information content (AvgIpc) is 2.82. The summed E-state index contributed by atoms with van der Waals surface area (Å²) in [7, 11) is 0.